The molecule has 0 radical (unpaired) electrons. The Labute approximate surface area is 172 Å². The standard InChI is InChI=1S/C23H29ClN2O2/c1-17-3-4-20(15-21(27)14-19-5-6-22(24)18(2)13-19)16-23(17)28-12-11-26-9-7-25-8-10-26/h3-6,13,16,25H,7-12,14-15H2,1-2H3. The second-order valence-corrected chi connectivity index (χ2v) is 7.92. The minimum atomic E-state index is 0.192. The molecule has 1 aliphatic heterocycles. The molecule has 150 valence electrons. The van der Waals surface area contributed by atoms with Gasteiger partial charge in [-0.2, -0.15) is 0 Å². The molecule has 0 aromatic heterocycles. The van der Waals surface area contributed by atoms with Gasteiger partial charge in [0.1, 0.15) is 18.1 Å². The summed E-state index contributed by atoms with van der Waals surface area (Å²) in [6.45, 7) is 9.83. The van der Waals surface area contributed by atoms with Crippen molar-refractivity contribution >= 4 is 17.4 Å². The number of carbonyl (C=O) groups is 1. The van der Waals surface area contributed by atoms with E-state index in [-0.39, 0.29) is 5.78 Å². The third-order valence-corrected chi connectivity index (χ3v) is 5.58. The van der Waals surface area contributed by atoms with E-state index in [1.54, 1.807) is 0 Å². The van der Waals surface area contributed by atoms with Crippen LogP contribution in [0, 0.1) is 13.8 Å². The number of nitrogens with zero attached hydrogens (tertiary/aromatic N) is 1. The summed E-state index contributed by atoms with van der Waals surface area (Å²) in [5.41, 5.74) is 4.11. The number of ketones is 1. The van der Waals surface area contributed by atoms with Crippen molar-refractivity contribution in [3.05, 3.63) is 63.7 Å². The first-order valence-corrected chi connectivity index (χ1v) is 10.3. The van der Waals surface area contributed by atoms with Crippen molar-refractivity contribution in [2.45, 2.75) is 26.7 Å². The number of hydrogen-bond acceptors (Lipinski definition) is 4. The van der Waals surface area contributed by atoms with Crippen LogP contribution in [0.25, 0.3) is 0 Å². The van der Waals surface area contributed by atoms with Crippen molar-refractivity contribution < 1.29 is 9.53 Å². The zero-order chi connectivity index (χ0) is 19.9. The number of ether oxygens (including phenoxy) is 1. The molecule has 1 aliphatic rings. The maximum Gasteiger partial charge on any atom is 0.141 e. The van der Waals surface area contributed by atoms with Gasteiger partial charge < -0.3 is 10.1 Å². The number of benzene rings is 2. The zero-order valence-electron chi connectivity index (χ0n) is 16.8. The van der Waals surface area contributed by atoms with E-state index in [1.165, 1.54) is 0 Å². The highest BCUT2D eigenvalue weighted by atomic mass is 35.5. The Morgan fingerprint density at radius 1 is 1.04 bits per heavy atom. The largest absolute Gasteiger partial charge is 0.492 e. The lowest BCUT2D eigenvalue weighted by Gasteiger charge is -2.27. The van der Waals surface area contributed by atoms with Crippen LogP contribution >= 0.6 is 11.6 Å². The van der Waals surface area contributed by atoms with Crippen LogP contribution in [0.15, 0.2) is 36.4 Å². The quantitative estimate of drug-likeness (QED) is 0.735. The topological polar surface area (TPSA) is 41.6 Å². The minimum absolute atomic E-state index is 0.192. The maximum atomic E-state index is 12.5. The molecule has 1 fully saturated rings. The predicted molar refractivity (Wildman–Crippen MR) is 115 cm³/mol. The summed E-state index contributed by atoms with van der Waals surface area (Å²) in [5, 5.41) is 4.09. The molecule has 0 spiro atoms. The number of piperazine rings is 1. The van der Waals surface area contributed by atoms with Crippen LogP contribution in [0.1, 0.15) is 22.3 Å². The van der Waals surface area contributed by atoms with E-state index in [0.29, 0.717) is 19.4 Å². The molecule has 0 atom stereocenters. The third-order valence-electron chi connectivity index (χ3n) is 5.15. The molecular formula is C23H29ClN2O2. The highest BCUT2D eigenvalue weighted by molar-refractivity contribution is 6.31. The molecule has 0 aliphatic carbocycles. The molecular weight excluding hydrogens is 372 g/mol. The van der Waals surface area contributed by atoms with E-state index in [2.05, 4.69) is 10.2 Å². The summed E-state index contributed by atoms with van der Waals surface area (Å²) in [7, 11) is 0. The molecule has 28 heavy (non-hydrogen) atoms. The fourth-order valence-electron chi connectivity index (χ4n) is 3.46. The minimum Gasteiger partial charge on any atom is -0.492 e. The van der Waals surface area contributed by atoms with Gasteiger partial charge >= 0.3 is 0 Å². The lowest BCUT2D eigenvalue weighted by Crippen LogP contribution is -2.44. The number of hydrogen-bond donors (Lipinski definition) is 1. The van der Waals surface area contributed by atoms with E-state index in [9.17, 15) is 4.79 Å². The summed E-state index contributed by atoms with van der Waals surface area (Å²) < 4.78 is 6.02. The van der Waals surface area contributed by atoms with Gasteiger partial charge in [0.25, 0.3) is 0 Å². The maximum absolute atomic E-state index is 12.5. The number of aryl methyl sites for hydroxylation is 2. The van der Waals surface area contributed by atoms with Gasteiger partial charge in [-0.1, -0.05) is 35.9 Å². The second kappa shape index (κ2) is 10.1. The fraction of sp³-hybridized carbons (Fsp3) is 0.435. The van der Waals surface area contributed by atoms with Crippen molar-refractivity contribution in [2.75, 3.05) is 39.3 Å². The van der Waals surface area contributed by atoms with Crippen molar-refractivity contribution in [1.29, 1.82) is 0 Å². The van der Waals surface area contributed by atoms with Crippen LogP contribution in [0.2, 0.25) is 5.02 Å². The summed E-state index contributed by atoms with van der Waals surface area (Å²) in [6.07, 6.45) is 0.835. The van der Waals surface area contributed by atoms with Crippen LogP contribution in [0.4, 0.5) is 0 Å². The van der Waals surface area contributed by atoms with E-state index in [1.807, 2.05) is 50.2 Å². The van der Waals surface area contributed by atoms with Gasteiger partial charge in [0.05, 0.1) is 0 Å². The number of nitrogens with one attached hydrogen (secondary N) is 1. The first-order valence-electron chi connectivity index (χ1n) is 9.93. The third kappa shape index (κ3) is 6.06. The van der Waals surface area contributed by atoms with Gasteiger partial charge in [-0.05, 0) is 48.2 Å². The second-order valence-electron chi connectivity index (χ2n) is 7.52. The van der Waals surface area contributed by atoms with E-state index >= 15 is 0 Å². The van der Waals surface area contributed by atoms with Gasteiger partial charge in [0.15, 0.2) is 0 Å². The molecule has 3 rings (SSSR count). The molecule has 1 heterocycles. The van der Waals surface area contributed by atoms with Crippen molar-refractivity contribution in [3.8, 4) is 5.75 Å². The number of carbonyl (C=O) groups excluding carboxylic acids is 1. The van der Waals surface area contributed by atoms with Crippen molar-refractivity contribution in [1.82, 2.24) is 10.2 Å². The van der Waals surface area contributed by atoms with E-state index in [0.717, 1.165) is 65.7 Å². The summed E-state index contributed by atoms with van der Waals surface area (Å²) >= 11 is 6.07. The smallest absolute Gasteiger partial charge is 0.141 e. The number of Topliss-reactive ketones (excluding diaryl/α,β-unsaturated/α-hetero) is 1. The van der Waals surface area contributed by atoms with Gasteiger partial charge in [-0.15, -0.1) is 0 Å². The molecule has 1 N–H and O–H groups in total. The van der Waals surface area contributed by atoms with Crippen molar-refractivity contribution in [2.24, 2.45) is 0 Å². The Balaban J connectivity index is 1.54. The predicted octanol–water partition coefficient (Wildman–Crippen LogP) is 3.60. The molecule has 0 amide bonds. The Kier molecular flexibility index (Phi) is 7.49. The Hall–Kier alpha value is -1.88. The Bertz CT molecular complexity index is 816. The van der Waals surface area contributed by atoms with E-state index < -0.39 is 0 Å². The van der Waals surface area contributed by atoms with Crippen LogP contribution in [-0.2, 0) is 17.6 Å². The lowest BCUT2D eigenvalue weighted by molar-refractivity contribution is -0.117. The molecule has 2 aromatic carbocycles. The van der Waals surface area contributed by atoms with Crippen LogP contribution in [0.5, 0.6) is 5.75 Å². The molecule has 2 aromatic rings. The number of rotatable bonds is 8. The lowest BCUT2D eigenvalue weighted by atomic mass is 10.0. The molecule has 0 unspecified atom stereocenters. The summed E-state index contributed by atoms with van der Waals surface area (Å²) in [6, 6.07) is 11.8. The van der Waals surface area contributed by atoms with Crippen LogP contribution in [-0.4, -0.2) is 50.0 Å². The molecule has 1 saturated heterocycles. The summed E-state index contributed by atoms with van der Waals surface area (Å²) in [4.78, 5) is 14.9. The van der Waals surface area contributed by atoms with Gasteiger partial charge in [-0.25, -0.2) is 0 Å². The molecule has 5 heteroatoms. The van der Waals surface area contributed by atoms with E-state index in [4.69, 9.17) is 16.3 Å². The van der Waals surface area contributed by atoms with Crippen LogP contribution in [0.3, 0.4) is 0 Å². The highest BCUT2D eigenvalue weighted by Crippen LogP contribution is 2.21. The van der Waals surface area contributed by atoms with Gasteiger partial charge in [-0.3, -0.25) is 9.69 Å². The average molecular weight is 401 g/mol. The fourth-order valence-corrected chi connectivity index (χ4v) is 3.58. The molecule has 0 saturated carbocycles. The first kappa shape index (κ1) is 20.8. The monoisotopic (exact) mass is 400 g/mol. The van der Waals surface area contributed by atoms with Crippen LogP contribution < -0.4 is 10.1 Å². The Morgan fingerprint density at radius 3 is 2.43 bits per heavy atom. The average Bonchev–Trinajstić information content (AvgIpc) is 2.68. The molecule has 4 nitrogen and oxygen atoms in total. The highest BCUT2D eigenvalue weighted by Gasteiger charge is 2.11. The molecule has 0 bridgehead atoms. The SMILES string of the molecule is Cc1cc(CC(=O)Cc2ccc(C)c(OCCN3CCNCC3)c2)ccc1Cl. The van der Waals surface area contributed by atoms with Crippen molar-refractivity contribution in [3.63, 3.8) is 0 Å². The zero-order valence-corrected chi connectivity index (χ0v) is 17.5. The normalized spacial score (nSPS) is 14.8. The first-order chi connectivity index (χ1) is 13.5. The van der Waals surface area contributed by atoms with Gasteiger partial charge in [0, 0.05) is 50.6 Å². The summed E-state index contributed by atoms with van der Waals surface area (Å²) in [5.74, 6) is 1.07. The number of halogens is 1. The Morgan fingerprint density at radius 2 is 1.71 bits per heavy atom. The van der Waals surface area contributed by atoms with Gasteiger partial charge in [0.2, 0.25) is 0 Å².